The fourth-order valence-electron chi connectivity index (χ4n) is 0.820. The van der Waals surface area contributed by atoms with Gasteiger partial charge in [-0.05, 0) is 34.1 Å². The van der Waals surface area contributed by atoms with Gasteiger partial charge in [-0.1, -0.05) is 0 Å². The summed E-state index contributed by atoms with van der Waals surface area (Å²) in [7, 11) is 3.23. The van der Waals surface area contributed by atoms with E-state index in [1.807, 2.05) is 0 Å². The maximum atomic E-state index is 12.8. The Hall–Kier alpha value is -1.10. The molecule has 0 bridgehead atoms. The summed E-state index contributed by atoms with van der Waals surface area (Å²) in [5.74, 6) is -0.387. The maximum absolute atomic E-state index is 12.8. The second-order valence-electron chi connectivity index (χ2n) is 2.95. The molecule has 1 aromatic rings. The van der Waals surface area contributed by atoms with Crippen LogP contribution >= 0.6 is 15.9 Å². The lowest BCUT2D eigenvalue weighted by Gasteiger charge is -2.12. The number of urea groups is 1. The molecule has 1 aromatic carbocycles. The van der Waals surface area contributed by atoms with Crippen LogP contribution in [0, 0.1) is 5.82 Å². The van der Waals surface area contributed by atoms with Crippen molar-refractivity contribution in [2.75, 3.05) is 19.4 Å². The molecule has 0 aliphatic carbocycles. The molecule has 0 heterocycles. The molecule has 0 unspecified atom stereocenters. The van der Waals surface area contributed by atoms with Crippen molar-refractivity contribution in [2.45, 2.75) is 0 Å². The number of benzene rings is 1. The van der Waals surface area contributed by atoms with E-state index in [-0.39, 0.29) is 11.8 Å². The van der Waals surface area contributed by atoms with Gasteiger partial charge in [-0.15, -0.1) is 0 Å². The molecule has 1 N–H and O–H groups in total. The van der Waals surface area contributed by atoms with Gasteiger partial charge in [0.2, 0.25) is 0 Å². The van der Waals surface area contributed by atoms with Crippen LogP contribution in [0.25, 0.3) is 0 Å². The zero-order valence-corrected chi connectivity index (χ0v) is 9.43. The van der Waals surface area contributed by atoms with E-state index < -0.39 is 0 Å². The van der Waals surface area contributed by atoms with Crippen LogP contribution in [0.4, 0.5) is 14.9 Å². The van der Waals surface area contributed by atoms with Crippen molar-refractivity contribution in [1.82, 2.24) is 4.90 Å². The predicted octanol–water partition coefficient (Wildman–Crippen LogP) is 2.68. The minimum atomic E-state index is -0.387. The van der Waals surface area contributed by atoms with Gasteiger partial charge in [0.25, 0.3) is 0 Å². The Kier molecular flexibility index (Phi) is 3.46. The Labute approximate surface area is 90.0 Å². The number of carbonyl (C=O) groups excluding carboxylic acids is 1. The highest BCUT2D eigenvalue weighted by Gasteiger charge is 2.07. The molecule has 76 valence electrons. The van der Waals surface area contributed by atoms with Crippen molar-refractivity contribution in [3.63, 3.8) is 0 Å². The lowest BCUT2D eigenvalue weighted by atomic mass is 10.3. The predicted molar refractivity (Wildman–Crippen MR) is 56.8 cm³/mol. The lowest BCUT2D eigenvalue weighted by molar-refractivity contribution is 0.230. The maximum Gasteiger partial charge on any atom is 0.321 e. The SMILES string of the molecule is CN(C)C(=O)Nc1cc(F)ccc1Br. The third-order valence-corrected chi connectivity index (χ3v) is 2.27. The molecule has 0 saturated carbocycles. The third-order valence-electron chi connectivity index (χ3n) is 1.58. The average molecular weight is 261 g/mol. The van der Waals surface area contributed by atoms with Gasteiger partial charge in [0.15, 0.2) is 0 Å². The third kappa shape index (κ3) is 2.70. The van der Waals surface area contributed by atoms with E-state index in [9.17, 15) is 9.18 Å². The summed E-state index contributed by atoms with van der Waals surface area (Å²) >= 11 is 3.21. The highest BCUT2D eigenvalue weighted by molar-refractivity contribution is 9.10. The number of amides is 2. The fourth-order valence-corrected chi connectivity index (χ4v) is 1.17. The first-order valence-corrected chi connectivity index (χ1v) is 4.73. The topological polar surface area (TPSA) is 32.3 Å². The zero-order chi connectivity index (χ0) is 10.7. The van der Waals surface area contributed by atoms with Crippen molar-refractivity contribution in [3.8, 4) is 0 Å². The molecule has 0 spiro atoms. The molecule has 0 saturated heterocycles. The largest absolute Gasteiger partial charge is 0.331 e. The molecular weight excluding hydrogens is 251 g/mol. The van der Waals surface area contributed by atoms with Gasteiger partial charge in [0.05, 0.1) is 5.69 Å². The van der Waals surface area contributed by atoms with Gasteiger partial charge in [0, 0.05) is 18.6 Å². The first-order valence-electron chi connectivity index (χ1n) is 3.94. The summed E-state index contributed by atoms with van der Waals surface area (Å²) in [4.78, 5) is 12.6. The number of anilines is 1. The average Bonchev–Trinajstić information content (AvgIpc) is 2.11. The van der Waals surface area contributed by atoms with Crippen molar-refractivity contribution in [1.29, 1.82) is 0 Å². The number of hydrogen-bond donors (Lipinski definition) is 1. The van der Waals surface area contributed by atoms with E-state index in [1.54, 1.807) is 20.2 Å². The molecule has 14 heavy (non-hydrogen) atoms. The molecule has 0 radical (unpaired) electrons. The van der Waals surface area contributed by atoms with Crippen LogP contribution < -0.4 is 5.32 Å². The molecule has 0 aromatic heterocycles. The van der Waals surface area contributed by atoms with Crippen LogP contribution in [0.15, 0.2) is 22.7 Å². The van der Waals surface area contributed by atoms with Crippen LogP contribution in [0.3, 0.4) is 0 Å². The van der Waals surface area contributed by atoms with Gasteiger partial charge < -0.3 is 10.2 Å². The Morgan fingerprint density at radius 3 is 2.71 bits per heavy atom. The summed E-state index contributed by atoms with van der Waals surface area (Å²) < 4.78 is 13.5. The molecule has 2 amide bonds. The van der Waals surface area contributed by atoms with E-state index in [0.29, 0.717) is 10.2 Å². The van der Waals surface area contributed by atoms with Crippen LogP contribution in [-0.2, 0) is 0 Å². The Bertz CT molecular complexity index is 355. The van der Waals surface area contributed by atoms with Gasteiger partial charge in [-0.25, -0.2) is 9.18 Å². The number of nitrogens with one attached hydrogen (secondary N) is 1. The van der Waals surface area contributed by atoms with Crippen LogP contribution in [0.2, 0.25) is 0 Å². The van der Waals surface area contributed by atoms with E-state index in [0.717, 1.165) is 0 Å². The summed E-state index contributed by atoms with van der Waals surface area (Å²) in [6.45, 7) is 0. The van der Waals surface area contributed by atoms with Gasteiger partial charge in [-0.2, -0.15) is 0 Å². The zero-order valence-electron chi connectivity index (χ0n) is 7.84. The van der Waals surface area contributed by atoms with Crippen LogP contribution in [0.5, 0.6) is 0 Å². The Morgan fingerprint density at radius 1 is 1.50 bits per heavy atom. The second kappa shape index (κ2) is 4.41. The van der Waals surface area contributed by atoms with Crippen LogP contribution in [-0.4, -0.2) is 25.0 Å². The summed E-state index contributed by atoms with van der Waals surface area (Å²) in [6.07, 6.45) is 0. The highest BCUT2D eigenvalue weighted by atomic mass is 79.9. The monoisotopic (exact) mass is 260 g/mol. The fraction of sp³-hybridized carbons (Fsp3) is 0.222. The Morgan fingerprint density at radius 2 is 2.14 bits per heavy atom. The van der Waals surface area contributed by atoms with Crippen molar-refractivity contribution in [2.24, 2.45) is 0 Å². The normalized spacial score (nSPS) is 9.71. The number of nitrogens with zero attached hydrogens (tertiary/aromatic N) is 1. The highest BCUT2D eigenvalue weighted by Crippen LogP contribution is 2.23. The molecule has 5 heteroatoms. The lowest BCUT2D eigenvalue weighted by Crippen LogP contribution is -2.27. The summed E-state index contributed by atoms with van der Waals surface area (Å²) in [5, 5.41) is 2.55. The number of halogens is 2. The standard InChI is InChI=1S/C9H10BrFN2O/c1-13(2)9(14)12-8-5-6(11)3-4-7(8)10/h3-5H,1-2H3,(H,12,14). The first-order chi connectivity index (χ1) is 6.50. The number of carbonyl (C=O) groups is 1. The summed E-state index contributed by atoms with van der Waals surface area (Å²) in [5.41, 5.74) is 0.420. The second-order valence-corrected chi connectivity index (χ2v) is 3.80. The summed E-state index contributed by atoms with van der Waals surface area (Å²) in [6, 6.07) is 3.82. The van der Waals surface area contributed by atoms with Gasteiger partial charge >= 0.3 is 6.03 Å². The Balaban J connectivity index is 2.86. The minimum Gasteiger partial charge on any atom is -0.331 e. The number of rotatable bonds is 1. The minimum absolute atomic E-state index is 0.295. The molecule has 0 atom stereocenters. The first kappa shape index (κ1) is 11.0. The molecule has 3 nitrogen and oxygen atoms in total. The van der Waals surface area contributed by atoms with Crippen molar-refractivity contribution >= 4 is 27.6 Å². The quantitative estimate of drug-likeness (QED) is 0.828. The smallest absolute Gasteiger partial charge is 0.321 e. The van der Waals surface area contributed by atoms with E-state index in [1.165, 1.54) is 17.0 Å². The van der Waals surface area contributed by atoms with Crippen LogP contribution in [0.1, 0.15) is 0 Å². The molecule has 0 aliphatic heterocycles. The van der Waals surface area contributed by atoms with Crippen molar-refractivity contribution in [3.05, 3.63) is 28.5 Å². The molecule has 0 fully saturated rings. The van der Waals surface area contributed by atoms with Gasteiger partial charge in [0.1, 0.15) is 5.82 Å². The van der Waals surface area contributed by atoms with Crippen molar-refractivity contribution < 1.29 is 9.18 Å². The number of hydrogen-bond acceptors (Lipinski definition) is 1. The van der Waals surface area contributed by atoms with E-state index in [4.69, 9.17) is 0 Å². The van der Waals surface area contributed by atoms with Gasteiger partial charge in [-0.3, -0.25) is 0 Å². The molecule has 1 rings (SSSR count). The molecular formula is C9H10BrFN2O. The molecule has 0 aliphatic rings. The van der Waals surface area contributed by atoms with E-state index in [2.05, 4.69) is 21.2 Å². The van der Waals surface area contributed by atoms with E-state index >= 15 is 0 Å².